The molecule has 11 heavy (non-hydrogen) atoms. The number of aliphatic hydroxyl groups excluding tert-OH is 3. The van der Waals surface area contributed by atoms with Gasteiger partial charge in [-0.1, -0.05) is 0 Å². The Bertz CT molecular complexity index is 126. The van der Waals surface area contributed by atoms with Crippen molar-refractivity contribution in [3.63, 3.8) is 0 Å². The van der Waals surface area contributed by atoms with E-state index in [1.807, 2.05) is 0 Å². The summed E-state index contributed by atoms with van der Waals surface area (Å²) in [5.41, 5.74) is 0. The first-order valence-electron chi connectivity index (χ1n) is 3.35. The van der Waals surface area contributed by atoms with Crippen molar-refractivity contribution in [1.29, 1.82) is 0 Å². The molecule has 5 heteroatoms. The van der Waals surface area contributed by atoms with Crippen LogP contribution < -0.4 is 0 Å². The summed E-state index contributed by atoms with van der Waals surface area (Å²) in [7, 11) is 1.40. The molecule has 0 saturated carbocycles. The van der Waals surface area contributed by atoms with Gasteiger partial charge in [-0.05, 0) is 0 Å². The van der Waals surface area contributed by atoms with Crippen molar-refractivity contribution < 1.29 is 24.8 Å². The average Bonchev–Trinajstić information content (AvgIpc) is 2.01. The van der Waals surface area contributed by atoms with Gasteiger partial charge in [0.25, 0.3) is 0 Å². The van der Waals surface area contributed by atoms with E-state index in [0.717, 1.165) is 0 Å². The van der Waals surface area contributed by atoms with Crippen LogP contribution in [0.15, 0.2) is 0 Å². The van der Waals surface area contributed by atoms with Gasteiger partial charge in [-0.15, -0.1) is 0 Å². The average molecular weight is 164 g/mol. The normalized spacial score (nSPS) is 45.8. The molecule has 0 aromatic heterocycles. The minimum absolute atomic E-state index is 0.0931. The third-order valence-electron chi connectivity index (χ3n) is 1.76. The number of ether oxygens (including phenoxy) is 2. The molecule has 1 aliphatic heterocycles. The molecule has 1 aliphatic rings. The second-order valence-electron chi connectivity index (χ2n) is 2.48. The summed E-state index contributed by atoms with van der Waals surface area (Å²) >= 11 is 0. The molecule has 1 rings (SSSR count). The van der Waals surface area contributed by atoms with Crippen LogP contribution in [0.5, 0.6) is 0 Å². The molecule has 1 saturated heterocycles. The predicted molar refractivity (Wildman–Crippen MR) is 34.8 cm³/mol. The molecule has 0 aromatic rings. The molecule has 3 N–H and O–H groups in total. The third kappa shape index (κ3) is 1.69. The minimum atomic E-state index is -1.31. The van der Waals surface area contributed by atoms with Crippen LogP contribution in [0.4, 0.5) is 0 Å². The summed E-state index contributed by atoms with van der Waals surface area (Å²) in [4.78, 5) is 0. The van der Waals surface area contributed by atoms with Crippen molar-refractivity contribution in [2.75, 3.05) is 13.7 Å². The molecule has 1 fully saturated rings. The lowest BCUT2D eigenvalue weighted by molar-refractivity contribution is -0.256. The maximum atomic E-state index is 9.19. The highest BCUT2D eigenvalue weighted by Crippen LogP contribution is 2.15. The first-order chi connectivity index (χ1) is 5.16. The zero-order valence-corrected chi connectivity index (χ0v) is 6.17. The van der Waals surface area contributed by atoms with Gasteiger partial charge in [0, 0.05) is 7.11 Å². The molecule has 0 aromatic carbocycles. The molecular formula is C6H12O5. The van der Waals surface area contributed by atoms with E-state index in [1.165, 1.54) is 7.11 Å². The molecule has 1 heterocycles. The lowest BCUT2D eigenvalue weighted by Gasteiger charge is -2.33. The zero-order valence-electron chi connectivity index (χ0n) is 6.17. The summed E-state index contributed by atoms with van der Waals surface area (Å²) in [6.45, 7) is 0.0931. The van der Waals surface area contributed by atoms with Gasteiger partial charge in [0.1, 0.15) is 18.3 Å². The second kappa shape index (κ2) is 3.46. The van der Waals surface area contributed by atoms with Crippen LogP contribution in [0.3, 0.4) is 0 Å². The Morgan fingerprint density at radius 2 is 1.91 bits per heavy atom. The molecular weight excluding hydrogens is 152 g/mol. The zero-order chi connectivity index (χ0) is 8.43. The second-order valence-corrected chi connectivity index (χ2v) is 2.48. The summed E-state index contributed by atoms with van der Waals surface area (Å²) < 4.78 is 9.46. The smallest absolute Gasteiger partial charge is 0.183 e. The molecule has 5 nitrogen and oxygen atoms in total. The van der Waals surface area contributed by atoms with Crippen LogP contribution in [0, 0.1) is 0 Å². The van der Waals surface area contributed by atoms with Crippen molar-refractivity contribution in [1.82, 2.24) is 0 Å². The summed E-state index contributed by atoms with van der Waals surface area (Å²) in [6.07, 6.45) is -4.23. The lowest BCUT2D eigenvalue weighted by atomic mass is 10.1. The van der Waals surface area contributed by atoms with Crippen LogP contribution in [0.25, 0.3) is 0 Å². The first kappa shape index (κ1) is 8.89. The van der Waals surface area contributed by atoms with E-state index < -0.39 is 24.6 Å². The molecule has 66 valence electrons. The van der Waals surface area contributed by atoms with E-state index in [0.29, 0.717) is 0 Å². The lowest BCUT2D eigenvalue weighted by Crippen LogP contribution is -2.53. The van der Waals surface area contributed by atoms with Gasteiger partial charge in [0.05, 0.1) is 6.61 Å². The minimum Gasteiger partial charge on any atom is -0.387 e. The highest BCUT2D eigenvalue weighted by Gasteiger charge is 2.37. The van der Waals surface area contributed by atoms with Gasteiger partial charge in [-0.25, -0.2) is 0 Å². The Morgan fingerprint density at radius 1 is 1.27 bits per heavy atom. The number of rotatable bonds is 1. The number of methoxy groups -OCH3 is 1. The van der Waals surface area contributed by atoms with Gasteiger partial charge >= 0.3 is 0 Å². The van der Waals surface area contributed by atoms with Crippen molar-refractivity contribution in [2.45, 2.75) is 24.6 Å². The van der Waals surface area contributed by atoms with Crippen LogP contribution in [0.1, 0.15) is 0 Å². The van der Waals surface area contributed by atoms with E-state index in [1.54, 1.807) is 0 Å². The number of hydrogen-bond acceptors (Lipinski definition) is 5. The molecule has 0 bridgehead atoms. The van der Waals surface area contributed by atoms with Crippen molar-refractivity contribution in [3.8, 4) is 0 Å². The quantitative estimate of drug-likeness (QED) is 0.420. The summed E-state index contributed by atoms with van der Waals surface area (Å²) in [6, 6.07) is 0. The Morgan fingerprint density at radius 3 is 2.45 bits per heavy atom. The highest BCUT2D eigenvalue weighted by molar-refractivity contribution is 4.82. The first-order valence-corrected chi connectivity index (χ1v) is 3.35. The fourth-order valence-electron chi connectivity index (χ4n) is 0.987. The van der Waals surface area contributed by atoms with Crippen molar-refractivity contribution >= 4 is 0 Å². The number of hydrogen-bond donors (Lipinski definition) is 3. The predicted octanol–water partition coefficient (Wildman–Crippen LogP) is -1.93. The van der Waals surface area contributed by atoms with Crippen molar-refractivity contribution in [2.24, 2.45) is 0 Å². The third-order valence-corrected chi connectivity index (χ3v) is 1.76. The topological polar surface area (TPSA) is 79.2 Å². The number of aliphatic hydroxyl groups is 3. The summed E-state index contributed by atoms with van der Waals surface area (Å²) in [5, 5.41) is 27.1. The van der Waals surface area contributed by atoms with Gasteiger partial charge in [0.2, 0.25) is 0 Å². The maximum absolute atomic E-state index is 9.19. The molecule has 1 unspecified atom stereocenters. The fourth-order valence-corrected chi connectivity index (χ4v) is 0.987. The van der Waals surface area contributed by atoms with Crippen LogP contribution in [-0.2, 0) is 9.47 Å². The SMILES string of the molecule is CO[C@@H]1COC(O)[C@H](O)[C@H]1O. The van der Waals surface area contributed by atoms with E-state index in [4.69, 9.17) is 14.9 Å². The van der Waals surface area contributed by atoms with E-state index in [2.05, 4.69) is 4.74 Å². The largest absolute Gasteiger partial charge is 0.387 e. The van der Waals surface area contributed by atoms with Crippen LogP contribution in [-0.4, -0.2) is 53.6 Å². The Kier molecular flexibility index (Phi) is 2.80. The Hall–Kier alpha value is -0.200. The van der Waals surface area contributed by atoms with E-state index in [-0.39, 0.29) is 6.61 Å². The van der Waals surface area contributed by atoms with Crippen LogP contribution >= 0.6 is 0 Å². The Labute approximate surface area is 64.2 Å². The molecule has 0 amide bonds. The highest BCUT2D eigenvalue weighted by atomic mass is 16.6. The molecule has 0 aliphatic carbocycles. The maximum Gasteiger partial charge on any atom is 0.183 e. The fraction of sp³-hybridized carbons (Fsp3) is 1.00. The standard InChI is InChI=1S/C6H12O5/c1-10-3-2-11-6(9)5(8)4(3)7/h3-9H,2H2,1H3/t3-,4+,5-,6?/m1/s1. The van der Waals surface area contributed by atoms with E-state index >= 15 is 0 Å². The molecule has 4 atom stereocenters. The monoisotopic (exact) mass is 164 g/mol. The molecule has 0 spiro atoms. The van der Waals surface area contributed by atoms with Gasteiger partial charge in [0.15, 0.2) is 6.29 Å². The Balaban J connectivity index is 2.52. The van der Waals surface area contributed by atoms with E-state index in [9.17, 15) is 5.11 Å². The van der Waals surface area contributed by atoms with Gasteiger partial charge in [-0.2, -0.15) is 0 Å². The molecule has 0 radical (unpaired) electrons. The van der Waals surface area contributed by atoms with Gasteiger partial charge in [-0.3, -0.25) is 0 Å². The summed E-state index contributed by atoms with van der Waals surface area (Å²) in [5.74, 6) is 0. The van der Waals surface area contributed by atoms with Gasteiger partial charge < -0.3 is 24.8 Å². The van der Waals surface area contributed by atoms with Crippen LogP contribution in [0.2, 0.25) is 0 Å². The van der Waals surface area contributed by atoms with Crippen molar-refractivity contribution in [3.05, 3.63) is 0 Å².